The lowest BCUT2D eigenvalue weighted by atomic mass is 10.2. The fourth-order valence-corrected chi connectivity index (χ4v) is 4.22. The van der Waals surface area contributed by atoms with Gasteiger partial charge in [-0.25, -0.2) is 9.19 Å². The maximum absolute atomic E-state index is 12.5. The van der Waals surface area contributed by atoms with Gasteiger partial charge in [-0.05, 0) is 31.4 Å². The Morgan fingerprint density at radius 2 is 2.24 bits per heavy atom. The largest absolute Gasteiger partial charge is 0.377 e. The van der Waals surface area contributed by atoms with Crippen molar-refractivity contribution >= 4 is 33.0 Å². The number of morpholine rings is 1. The van der Waals surface area contributed by atoms with Gasteiger partial charge in [0, 0.05) is 24.1 Å². The zero-order valence-electron chi connectivity index (χ0n) is 12.2. The fourth-order valence-electron chi connectivity index (χ4n) is 2.42. The van der Waals surface area contributed by atoms with E-state index in [2.05, 4.69) is 26.2 Å². The van der Waals surface area contributed by atoms with Gasteiger partial charge in [0.1, 0.15) is 5.82 Å². The summed E-state index contributed by atoms with van der Waals surface area (Å²) in [5.41, 5.74) is 0. The maximum atomic E-state index is 12.5. The van der Waals surface area contributed by atoms with Crippen LogP contribution < -0.4 is 4.90 Å². The molecular weight excluding hydrogens is 312 g/mol. The Hall–Kier alpha value is -0.920. The number of ether oxygens (including phenoxy) is 1. The molecule has 21 heavy (non-hydrogen) atoms. The second-order valence-corrected chi connectivity index (χ2v) is 8.53. The average molecular weight is 331 g/mol. The highest BCUT2D eigenvalue weighted by atomic mass is 35.5. The van der Waals surface area contributed by atoms with E-state index in [0.29, 0.717) is 19.0 Å². The Morgan fingerprint density at radius 1 is 1.48 bits per heavy atom. The van der Waals surface area contributed by atoms with Crippen LogP contribution in [0.1, 0.15) is 19.8 Å². The van der Waals surface area contributed by atoms with Crippen LogP contribution in [0.3, 0.4) is 0 Å². The van der Waals surface area contributed by atoms with Crippen LogP contribution in [0.2, 0.25) is 5.28 Å². The van der Waals surface area contributed by atoms with Crippen molar-refractivity contribution in [1.82, 2.24) is 9.97 Å². The highest BCUT2D eigenvalue weighted by Crippen LogP contribution is 2.32. The number of hydrogen-bond acceptors (Lipinski definition) is 6. The number of nitrogens with zero attached hydrogens (tertiary/aromatic N) is 4. The van der Waals surface area contributed by atoms with Crippen LogP contribution in [0.5, 0.6) is 0 Å². The minimum Gasteiger partial charge on any atom is -0.377 e. The van der Waals surface area contributed by atoms with Gasteiger partial charge in [0.05, 0.1) is 29.0 Å². The first-order chi connectivity index (χ1) is 9.95. The van der Waals surface area contributed by atoms with Crippen molar-refractivity contribution in [3.8, 4) is 0 Å². The van der Waals surface area contributed by atoms with E-state index in [0.717, 1.165) is 25.2 Å². The third kappa shape index (κ3) is 3.46. The van der Waals surface area contributed by atoms with Gasteiger partial charge in [-0.1, -0.05) is 0 Å². The van der Waals surface area contributed by atoms with Crippen LogP contribution in [0.4, 0.5) is 11.6 Å². The van der Waals surface area contributed by atoms with E-state index in [1.807, 2.05) is 0 Å². The molecule has 2 aliphatic rings. The molecule has 116 valence electrons. The van der Waals surface area contributed by atoms with Crippen LogP contribution in [0.25, 0.3) is 0 Å². The molecule has 6 nitrogen and oxygen atoms in total. The lowest BCUT2D eigenvalue weighted by Crippen LogP contribution is -2.44. The molecule has 3 rings (SSSR count). The van der Waals surface area contributed by atoms with Crippen LogP contribution in [0, 0.1) is 0 Å². The molecular formula is C13H19ClN4O2S. The van der Waals surface area contributed by atoms with Crippen LogP contribution >= 0.6 is 11.6 Å². The van der Waals surface area contributed by atoms with E-state index in [-0.39, 0.29) is 16.6 Å². The van der Waals surface area contributed by atoms with Gasteiger partial charge in [0.2, 0.25) is 5.28 Å². The predicted molar refractivity (Wildman–Crippen MR) is 83.8 cm³/mol. The third-order valence-corrected chi connectivity index (χ3v) is 6.18. The molecule has 0 radical (unpaired) electrons. The molecule has 0 bridgehead atoms. The second kappa shape index (κ2) is 5.70. The summed E-state index contributed by atoms with van der Waals surface area (Å²) in [6, 6.07) is 1.98. The van der Waals surface area contributed by atoms with Gasteiger partial charge in [0.25, 0.3) is 0 Å². The minimum absolute atomic E-state index is 0.135. The molecule has 1 saturated heterocycles. The summed E-state index contributed by atoms with van der Waals surface area (Å²) >= 11 is 6.01. The number of rotatable bonds is 3. The Morgan fingerprint density at radius 3 is 2.90 bits per heavy atom. The summed E-state index contributed by atoms with van der Waals surface area (Å²) in [6.45, 7) is 4.13. The molecule has 0 aromatic carbocycles. The van der Waals surface area contributed by atoms with E-state index >= 15 is 0 Å². The molecule has 2 heterocycles. The van der Waals surface area contributed by atoms with Crippen molar-refractivity contribution in [2.24, 2.45) is 4.36 Å². The van der Waals surface area contributed by atoms with E-state index in [4.69, 9.17) is 16.3 Å². The monoisotopic (exact) mass is 330 g/mol. The lowest BCUT2D eigenvalue weighted by Gasteiger charge is -2.34. The molecule has 0 unspecified atom stereocenters. The van der Waals surface area contributed by atoms with Crippen LogP contribution in [-0.4, -0.2) is 51.5 Å². The average Bonchev–Trinajstić information content (AvgIpc) is 3.22. The highest BCUT2D eigenvalue weighted by molar-refractivity contribution is 7.93. The van der Waals surface area contributed by atoms with Gasteiger partial charge < -0.3 is 9.64 Å². The Labute approximate surface area is 130 Å². The molecule has 0 amide bonds. The Balaban J connectivity index is 1.94. The standard InChI is InChI=1S/C13H19ClN4O2S/c1-9-8-20-6-5-18(9)12-7-11(15-13(14)16-12)17-21(2,19)10-3-4-10/h7,9-10H,3-6,8H2,1-2H3/t9-,21-/m1/s1. The van der Waals surface area contributed by atoms with Crippen molar-refractivity contribution in [1.29, 1.82) is 0 Å². The molecule has 0 N–H and O–H groups in total. The summed E-state index contributed by atoms with van der Waals surface area (Å²) in [7, 11) is -2.24. The van der Waals surface area contributed by atoms with Crippen LogP contribution in [-0.2, 0) is 14.5 Å². The van der Waals surface area contributed by atoms with Gasteiger partial charge in [0.15, 0.2) is 5.82 Å². The summed E-state index contributed by atoms with van der Waals surface area (Å²) in [4.78, 5) is 10.5. The number of hydrogen-bond donors (Lipinski definition) is 0. The van der Waals surface area contributed by atoms with E-state index in [1.165, 1.54) is 0 Å². The molecule has 1 aromatic heterocycles. The normalized spacial score (nSPS) is 25.5. The van der Waals surface area contributed by atoms with E-state index in [1.54, 1.807) is 12.3 Å². The maximum Gasteiger partial charge on any atom is 0.226 e. The van der Waals surface area contributed by atoms with Gasteiger partial charge in [-0.3, -0.25) is 0 Å². The lowest BCUT2D eigenvalue weighted by molar-refractivity contribution is 0.0985. The van der Waals surface area contributed by atoms with Crippen molar-refractivity contribution in [2.45, 2.75) is 31.1 Å². The van der Waals surface area contributed by atoms with Crippen molar-refractivity contribution in [3.05, 3.63) is 11.3 Å². The van der Waals surface area contributed by atoms with Gasteiger partial charge in [-0.15, -0.1) is 0 Å². The Bertz CT molecular complexity index is 656. The number of halogens is 1. The molecule has 2 atom stereocenters. The molecule has 1 aliphatic carbocycles. The summed E-state index contributed by atoms with van der Waals surface area (Å²) < 4.78 is 22.2. The van der Waals surface area contributed by atoms with E-state index in [9.17, 15) is 4.21 Å². The summed E-state index contributed by atoms with van der Waals surface area (Å²) in [6.07, 6.45) is 3.65. The van der Waals surface area contributed by atoms with Crippen LogP contribution in [0.15, 0.2) is 10.4 Å². The molecule has 2 fully saturated rings. The Kier molecular flexibility index (Phi) is 4.07. The van der Waals surface area contributed by atoms with Gasteiger partial charge >= 0.3 is 0 Å². The number of anilines is 1. The highest BCUT2D eigenvalue weighted by Gasteiger charge is 2.31. The smallest absolute Gasteiger partial charge is 0.226 e. The van der Waals surface area contributed by atoms with Crippen molar-refractivity contribution < 1.29 is 8.95 Å². The summed E-state index contributed by atoms with van der Waals surface area (Å²) in [5, 5.41) is 0.327. The molecule has 8 heteroatoms. The van der Waals surface area contributed by atoms with Crippen molar-refractivity contribution in [3.63, 3.8) is 0 Å². The van der Waals surface area contributed by atoms with E-state index < -0.39 is 9.73 Å². The predicted octanol–water partition coefficient (Wildman–Crippen LogP) is 2.25. The summed E-state index contributed by atoms with van der Waals surface area (Å²) in [5.74, 6) is 1.12. The SMILES string of the molecule is C[C@@H]1COCCN1c1cc(N=[S@](C)(=O)C2CC2)nc(Cl)n1. The van der Waals surface area contributed by atoms with Crippen molar-refractivity contribution in [2.75, 3.05) is 30.9 Å². The third-order valence-electron chi connectivity index (χ3n) is 3.75. The molecule has 1 aromatic rings. The quantitative estimate of drug-likeness (QED) is 0.795. The topological polar surface area (TPSA) is 67.7 Å². The number of aromatic nitrogens is 2. The first kappa shape index (κ1) is 15.0. The second-order valence-electron chi connectivity index (χ2n) is 5.62. The van der Waals surface area contributed by atoms with Gasteiger partial charge in [-0.2, -0.15) is 9.35 Å². The zero-order chi connectivity index (χ0) is 15.0. The minimum atomic E-state index is -2.24. The molecule has 0 spiro atoms. The first-order valence-corrected chi connectivity index (χ1v) is 9.42. The molecule has 1 aliphatic heterocycles. The fraction of sp³-hybridized carbons (Fsp3) is 0.692. The first-order valence-electron chi connectivity index (χ1n) is 7.06. The zero-order valence-corrected chi connectivity index (χ0v) is 13.7. The molecule has 1 saturated carbocycles.